The summed E-state index contributed by atoms with van der Waals surface area (Å²) >= 11 is 12.3. The molecule has 1 amide bonds. The fourth-order valence-corrected chi connectivity index (χ4v) is 2.45. The van der Waals surface area contributed by atoms with Crippen LogP contribution < -0.4 is 10.6 Å². The average molecular weight is 387 g/mol. The lowest BCUT2D eigenvalue weighted by Crippen LogP contribution is -2.23. The van der Waals surface area contributed by atoms with Crippen molar-refractivity contribution in [2.75, 3.05) is 11.9 Å². The minimum atomic E-state index is -0.746. The maximum atomic E-state index is 12.1. The molecule has 0 radical (unpaired) electrons. The van der Waals surface area contributed by atoms with Gasteiger partial charge >= 0.3 is 5.97 Å². The molecule has 0 heterocycles. The monoisotopic (exact) mass is 386 g/mol. The van der Waals surface area contributed by atoms with Crippen molar-refractivity contribution in [3.05, 3.63) is 39.5 Å². The quantitative estimate of drug-likeness (QED) is 0.323. The van der Waals surface area contributed by atoms with Gasteiger partial charge in [-0.2, -0.15) is 0 Å². The van der Waals surface area contributed by atoms with Crippen LogP contribution in [0, 0.1) is 0 Å². The molecule has 1 rings (SSSR count). The van der Waals surface area contributed by atoms with E-state index in [-0.39, 0.29) is 27.3 Å². The maximum absolute atomic E-state index is 12.1. The molecule has 0 aliphatic rings. The number of anilines is 1. The lowest BCUT2D eigenvalue weighted by atomic mass is 10.1. The Morgan fingerprint density at radius 3 is 2.40 bits per heavy atom. The minimum Gasteiger partial charge on any atom is -0.459 e. The van der Waals surface area contributed by atoms with E-state index in [1.165, 1.54) is 25.3 Å². The molecule has 0 atom stereocenters. The van der Waals surface area contributed by atoms with Crippen LogP contribution in [0.1, 0.15) is 38.1 Å². The highest BCUT2D eigenvalue weighted by atomic mass is 35.5. The van der Waals surface area contributed by atoms with Gasteiger partial charge in [0.15, 0.2) is 5.78 Å². The first-order valence-electron chi connectivity index (χ1n) is 7.63. The highest BCUT2D eigenvalue weighted by molar-refractivity contribution is 6.41. The van der Waals surface area contributed by atoms with E-state index < -0.39 is 17.7 Å². The molecule has 0 bridgehead atoms. The van der Waals surface area contributed by atoms with Gasteiger partial charge in [0.2, 0.25) is 0 Å². The van der Waals surface area contributed by atoms with Gasteiger partial charge in [0.05, 0.1) is 27.4 Å². The highest BCUT2D eigenvalue weighted by Crippen LogP contribution is 2.32. The van der Waals surface area contributed by atoms with E-state index in [1.54, 1.807) is 20.8 Å². The Kier molecular flexibility index (Phi) is 7.93. The molecule has 0 aromatic heterocycles. The SMILES string of the molecule is CCNC(=O)c1c(Cl)ccc(NC=C(C(C)=O)C(=O)OC(C)C)c1Cl. The molecular formula is C17H20Cl2N2O4. The standard InChI is InChI=1S/C17H20Cl2N2O4/c1-5-20-16(23)14-12(18)6-7-13(15(14)19)21-8-11(10(4)22)17(24)25-9(2)3/h6-9,21H,5H2,1-4H3,(H,20,23). The van der Waals surface area contributed by atoms with Crippen LogP contribution in [0.5, 0.6) is 0 Å². The molecule has 0 spiro atoms. The van der Waals surface area contributed by atoms with Crippen LogP contribution in [-0.2, 0) is 14.3 Å². The number of ether oxygens (including phenoxy) is 1. The predicted molar refractivity (Wildman–Crippen MR) is 98.1 cm³/mol. The summed E-state index contributed by atoms with van der Waals surface area (Å²) < 4.78 is 5.02. The molecule has 1 aromatic rings. The molecule has 2 N–H and O–H groups in total. The van der Waals surface area contributed by atoms with E-state index in [0.717, 1.165) is 0 Å². The van der Waals surface area contributed by atoms with Gasteiger partial charge in [0, 0.05) is 12.7 Å². The first-order valence-corrected chi connectivity index (χ1v) is 8.39. The zero-order chi connectivity index (χ0) is 19.1. The van der Waals surface area contributed by atoms with Gasteiger partial charge in [-0.3, -0.25) is 9.59 Å². The molecule has 6 nitrogen and oxygen atoms in total. The van der Waals surface area contributed by atoms with E-state index in [1.807, 2.05) is 0 Å². The number of carbonyl (C=O) groups is 3. The Morgan fingerprint density at radius 2 is 1.88 bits per heavy atom. The molecular weight excluding hydrogens is 367 g/mol. The van der Waals surface area contributed by atoms with Gasteiger partial charge in [0.1, 0.15) is 5.57 Å². The van der Waals surface area contributed by atoms with E-state index in [4.69, 9.17) is 27.9 Å². The zero-order valence-corrected chi connectivity index (χ0v) is 15.9. The van der Waals surface area contributed by atoms with Crippen LogP contribution in [0.3, 0.4) is 0 Å². The number of hydrogen-bond donors (Lipinski definition) is 2. The second kappa shape index (κ2) is 9.44. The number of halogens is 2. The van der Waals surface area contributed by atoms with Crippen molar-refractivity contribution in [2.24, 2.45) is 0 Å². The van der Waals surface area contributed by atoms with Gasteiger partial charge in [-0.1, -0.05) is 23.2 Å². The fourth-order valence-electron chi connectivity index (χ4n) is 1.85. The number of ketones is 1. The maximum Gasteiger partial charge on any atom is 0.343 e. The number of rotatable bonds is 7. The van der Waals surface area contributed by atoms with Crippen LogP contribution in [0.15, 0.2) is 23.9 Å². The smallest absolute Gasteiger partial charge is 0.343 e. The van der Waals surface area contributed by atoms with Gasteiger partial charge in [-0.15, -0.1) is 0 Å². The van der Waals surface area contributed by atoms with E-state index >= 15 is 0 Å². The van der Waals surface area contributed by atoms with Gasteiger partial charge < -0.3 is 15.4 Å². The summed E-state index contributed by atoms with van der Waals surface area (Å²) in [6.45, 7) is 6.79. The summed E-state index contributed by atoms with van der Waals surface area (Å²) in [6, 6.07) is 3.03. The van der Waals surface area contributed by atoms with Crippen LogP contribution in [0.2, 0.25) is 10.0 Å². The minimum absolute atomic E-state index is 0.0785. The highest BCUT2D eigenvalue weighted by Gasteiger charge is 2.19. The summed E-state index contributed by atoms with van der Waals surface area (Å²) in [5, 5.41) is 5.64. The number of esters is 1. The van der Waals surface area contributed by atoms with Crippen LogP contribution in [-0.4, -0.2) is 30.3 Å². The third kappa shape index (κ3) is 5.76. The Labute approximate surface area is 156 Å². The summed E-state index contributed by atoms with van der Waals surface area (Å²) in [4.78, 5) is 35.7. The lowest BCUT2D eigenvalue weighted by Gasteiger charge is -2.13. The van der Waals surface area contributed by atoms with E-state index in [9.17, 15) is 14.4 Å². The topological polar surface area (TPSA) is 84.5 Å². The molecule has 8 heteroatoms. The van der Waals surface area contributed by atoms with E-state index in [0.29, 0.717) is 12.2 Å². The fraction of sp³-hybridized carbons (Fsp3) is 0.353. The Morgan fingerprint density at radius 1 is 1.24 bits per heavy atom. The van der Waals surface area contributed by atoms with Crippen molar-refractivity contribution in [1.82, 2.24) is 5.32 Å². The lowest BCUT2D eigenvalue weighted by molar-refractivity contribution is -0.143. The van der Waals surface area contributed by atoms with Crippen LogP contribution in [0.25, 0.3) is 0 Å². The number of hydrogen-bond acceptors (Lipinski definition) is 5. The number of amides is 1. The van der Waals surface area contributed by atoms with Gasteiger partial charge in [0.25, 0.3) is 5.91 Å². The molecule has 0 aliphatic heterocycles. The second-order valence-corrected chi connectivity index (χ2v) is 6.14. The summed E-state index contributed by atoms with van der Waals surface area (Å²) in [5.41, 5.74) is 0.264. The molecule has 136 valence electrons. The average Bonchev–Trinajstić information content (AvgIpc) is 2.48. The first kappa shape index (κ1) is 21.0. The van der Waals surface area contributed by atoms with Gasteiger partial charge in [-0.05, 0) is 39.8 Å². The van der Waals surface area contributed by atoms with Crippen LogP contribution in [0.4, 0.5) is 5.69 Å². The van der Waals surface area contributed by atoms with Crippen LogP contribution >= 0.6 is 23.2 Å². The Hall–Kier alpha value is -2.05. The summed E-state index contributed by atoms with van der Waals surface area (Å²) in [6.07, 6.45) is 0.836. The molecule has 0 aliphatic carbocycles. The van der Waals surface area contributed by atoms with E-state index in [2.05, 4.69) is 10.6 Å². The van der Waals surface area contributed by atoms with Crippen molar-refractivity contribution >= 4 is 46.5 Å². The molecule has 0 saturated carbocycles. The second-order valence-electron chi connectivity index (χ2n) is 5.36. The largest absolute Gasteiger partial charge is 0.459 e. The Balaban J connectivity index is 3.17. The first-order chi connectivity index (χ1) is 11.7. The molecule has 25 heavy (non-hydrogen) atoms. The van der Waals surface area contributed by atoms with Crippen molar-refractivity contribution in [3.8, 4) is 0 Å². The molecule has 0 fully saturated rings. The zero-order valence-electron chi connectivity index (χ0n) is 14.4. The third-order valence-corrected chi connectivity index (χ3v) is 3.68. The third-order valence-electron chi connectivity index (χ3n) is 2.97. The number of Topliss-reactive ketones (excluding diaryl/α,β-unsaturated/α-hetero) is 1. The predicted octanol–water partition coefficient (Wildman–Crippen LogP) is 3.58. The molecule has 0 saturated heterocycles. The molecule has 0 unspecified atom stereocenters. The molecule has 1 aromatic carbocycles. The number of carbonyl (C=O) groups excluding carboxylic acids is 3. The van der Waals surface area contributed by atoms with Crippen molar-refractivity contribution < 1.29 is 19.1 Å². The number of nitrogens with one attached hydrogen (secondary N) is 2. The van der Waals surface area contributed by atoms with Crippen molar-refractivity contribution in [1.29, 1.82) is 0 Å². The van der Waals surface area contributed by atoms with Crippen molar-refractivity contribution in [2.45, 2.75) is 33.8 Å². The normalized spacial score (nSPS) is 11.2. The summed E-state index contributed by atoms with van der Waals surface area (Å²) in [5.74, 6) is -1.63. The number of benzene rings is 1. The van der Waals surface area contributed by atoms with Gasteiger partial charge in [-0.25, -0.2) is 4.79 Å². The van der Waals surface area contributed by atoms with Crippen molar-refractivity contribution in [3.63, 3.8) is 0 Å². The Bertz CT molecular complexity index is 715. The summed E-state index contributed by atoms with van der Waals surface area (Å²) in [7, 11) is 0.